The molecule has 7 nitrogen and oxygen atoms in total. The minimum absolute atomic E-state index is 0.315. The van der Waals surface area contributed by atoms with Gasteiger partial charge in [0, 0.05) is 12.5 Å². The quantitative estimate of drug-likeness (QED) is 0.760. The molecule has 0 aliphatic rings. The van der Waals surface area contributed by atoms with Crippen LogP contribution in [0.25, 0.3) is 11.5 Å². The number of aromatic amines is 1. The molecule has 1 atom stereocenters. The average molecular weight is 222 g/mol. The highest BCUT2D eigenvalue weighted by Gasteiger charge is 2.12. The van der Waals surface area contributed by atoms with E-state index in [1.165, 1.54) is 0 Å². The molecule has 86 valence electrons. The molecule has 2 rings (SSSR count). The second-order valence-corrected chi connectivity index (χ2v) is 3.53. The molecule has 1 unspecified atom stereocenters. The van der Waals surface area contributed by atoms with Crippen LogP contribution in [-0.2, 0) is 6.42 Å². The number of likely N-dealkylation sites (N-methyl/N-ethyl adjacent to an activating group) is 1. The first-order valence-corrected chi connectivity index (χ1v) is 5.21. The molecule has 2 aromatic rings. The highest BCUT2D eigenvalue weighted by atomic mass is 16.5. The summed E-state index contributed by atoms with van der Waals surface area (Å²) in [5, 5.41) is 17.2. The first-order chi connectivity index (χ1) is 7.79. The van der Waals surface area contributed by atoms with Gasteiger partial charge in [-0.25, -0.2) is 0 Å². The van der Waals surface area contributed by atoms with Crippen LogP contribution in [0, 0.1) is 0 Å². The van der Waals surface area contributed by atoms with E-state index in [-0.39, 0.29) is 0 Å². The second-order valence-electron chi connectivity index (χ2n) is 3.53. The summed E-state index contributed by atoms with van der Waals surface area (Å²) in [7, 11) is 0. The van der Waals surface area contributed by atoms with E-state index in [9.17, 15) is 0 Å². The summed E-state index contributed by atoms with van der Waals surface area (Å²) in [6.07, 6.45) is 2.26. The van der Waals surface area contributed by atoms with Crippen molar-refractivity contribution in [2.75, 3.05) is 6.54 Å². The van der Waals surface area contributed by atoms with Gasteiger partial charge in [-0.05, 0) is 13.5 Å². The predicted molar refractivity (Wildman–Crippen MR) is 56.5 cm³/mol. The zero-order valence-corrected chi connectivity index (χ0v) is 9.27. The maximum absolute atomic E-state index is 5.12. The number of nitrogens with zero attached hydrogens (tertiary/aromatic N) is 4. The van der Waals surface area contributed by atoms with Crippen molar-refractivity contribution in [3.05, 3.63) is 12.1 Å². The number of aromatic nitrogens is 5. The van der Waals surface area contributed by atoms with Crippen molar-refractivity contribution in [2.24, 2.45) is 0 Å². The Morgan fingerprint density at radius 2 is 2.44 bits per heavy atom. The Morgan fingerprint density at radius 3 is 3.12 bits per heavy atom. The van der Waals surface area contributed by atoms with Crippen molar-refractivity contribution < 1.29 is 4.52 Å². The van der Waals surface area contributed by atoms with Crippen molar-refractivity contribution in [1.29, 1.82) is 0 Å². The lowest BCUT2D eigenvalue weighted by Crippen LogP contribution is -2.27. The van der Waals surface area contributed by atoms with Gasteiger partial charge in [-0.15, -0.1) is 0 Å². The molecule has 0 saturated carbocycles. The summed E-state index contributed by atoms with van der Waals surface area (Å²) in [5.41, 5.74) is 0.589. The standard InChI is InChI=1S/C9H14N6O/c1-3-10-6(2)4-8-12-9(14-16-8)7-5-11-15-13-7/h5-6,10H,3-4H2,1-2H3,(H,11,13,15). The fourth-order valence-corrected chi connectivity index (χ4v) is 1.43. The number of H-pyrrole nitrogens is 1. The van der Waals surface area contributed by atoms with E-state index < -0.39 is 0 Å². The molecular weight excluding hydrogens is 208 g/mol. The molecule has 0 aliphatic heterocycles. The number of rotatable bonds is 5. The van der Waals surface area contributed by atoms with Gasteiger partial charge in [0.1, 0.15) is 0 Å². The Morgan fingerprint density at radius 1 is 1.56 bits per heavy atom. The third-order valence-corrected chi connectivity index (χ3v) is 2.15. The van der Waals surface area contributed by atoms with Crippen molar-refractivity contribution in [1.82, 2.24) is 30.9 Å². The summed E-state index contributed by atoms with van der Waals surface area (Å²) in [4.78, 5) is 4.23. The topological polar surface area (TPSA) is 92.5 Å². The van der Waals surface area contributed by atoms with E-state index in [1.54, 1.807) is 6.20 Å². The van der Waals surface area contributed by atoms with Crippen LogP contribution in [-0.4, -0.2) is 38.1 Å². The van der Waals surface area contributed by atoms with Crippen molar-refractivity contribution in [3.63, 3.8) is 0 Å². The van der Waals surface area contributed by atoms with Crippen molar-refractivity contribution >= 4 is 0 Å². The highest BCUT2D eigenvalue weighted by molar-refractivity contribution is 5.44. The minimum Gasteiger partial charge on any atom is -0.339 e. The van der Waals surface area contributed by atoms with Crippen LogP contribution in [0.15, 0.2) is 10.7 Å². The lowest BCUT2D eigenvalue weighted by atomic mass is 10.2. The van der Waals surface area contributed by atoms with Gasteiger partial charge in [0.05, 0.1) is 6.20 Å². The summed E-state index contributed by atoms with van der Waals surface area (Å²) >= 11 is 0. The maximum atomic E-state index is 5.12. The third-order valence-electron chi connectivity index (χ3n) is 2.15. The van der Waals surface area contributed by atoms with Crippen LogP contribution in [0.1, 0.15) is 19.7 Å². The summed E-state index contributed by atoms with van der Waals surface area (Å²) in [5.74, 6) is 1.07. The molecule has 2 heterocycles. The van der Waals surface area contributed by atoms with Gasteiger partial charge in [-0.1, -0.05) is 12.1 Å². The van der Waals surface area contributed by atoms with E-state index in [1.807, 2.05) is 0 Å². The summed E-state index contributed by atoms with van der Waals surface area (Å²) in [6.45, 7) is 5.06. The zero-order valence-electron chi connectivity index (χ0n) is 9.27. The van der Waals surface area contributed by atoms with Crippen molar-refractivity contribution in [2.45, 2.75) is 26.3 Å². The Kier molecular flexibility index (Phi) is 3.25. The molecule has 16 heavy (non-hydrogen) atoms. The monoisotopic (exact) mass is 222 g/mol. The van der Waals surface area contributed by atoms with Gasteiger partial charge >= 0.3 is 0 Å². The van der Waals surface area contributed by atoms with E-state index in [0.717, 1.165) is 6.54 Å². The van der Waals surface area contributed by atoms with Crippen LogP contribution in [0.5, 0.6) is 0 Å². The molecule has 0 aromatic carbocycles. The van der Waals surface area contributed by atoms with Gasteiger partial charge in [-0.3, -0.25) is 0 Å². The molecular formula is C9H14N6O. The van der Waals surface area contributed by atoms with Crippen molar-refractivity contribution in [3.8, 4) is 11.5 Å². The van der Waals surface area contributed by atoms with Gasteiger partial charge in [0.25, 0.3) is 0 Å². The molecule has 0 bridgehead atoms. The SMILES string of the molecule is CCNC(C)Cc1nc(-c2cn[nH]n2)no1. The lowest BCUT2D eigenvalue weighted by molar-refractivity contribution is 0.363. The fourth-order valence-electron chi connectivity index (χ4n) is 1.43. The molecule has 0 fully saturated rings. The summed E-state index contributed by atoms with van der Waals surface area (Å²) < 4.78 is 5.12. The zero-order chi connectivity index (χ0) is 11.4. The van der Waals surface area contributed by atoms with E-state index in [4.69, 9.17) is 4.52 Å². The molecule has 7 heteroatoms. The van der Waals surface area contributed by atoms with Crippen LogP contribution in [0.2, 0.25) is 0 Å². The first-order valence-electron chi connectivity index (χ1n) is 5.21. The Balaban J connectivity index is 2.03. The minimum atomic E-state index is 0.315. The van der Waals surface area contributed by atoms with E-state index in [0.29, 0.717) is 29.9 Å². The molecule has 0 aliphatic carbocycles. The third kappa shape index (κ3) is 2.43. The second kappa shape index (κ2) is 4.84. The Labute approximate surface area is 92.6 Å². The Hall–Kier alpha value is -1.76. The van der Waals surface area contributed by atoms with Crippen LogP contribution >= 0.6 is 0 Å². The number of nitrogens with one attached hydrogen (secondary N) is 2. The average Bonchev–Trinajstić information content (AvgIpc) is 2.86. The van der Waals surface area contributed by atoms with Gasteiger partial charge in [0.15, 0.2) is 5.69 Å². The van der Waals surface area contributed by atoms with Gasteiger partial charge < -0.3 is 9.84 Å². The normalized spacial score (nSPS) is 12.9. The molecule has 2 N–H and O–H groups in total. The predicted octanol–water partition coefficient (Wildman–Crippen LogP) is 0.395. The van der Waals surface area contributed by atoms with E-state index >= 15 is 0 Å². The van der Waals surface area contributed by atoms with Gasteiger partial charge in [-0.2, -0.15) is 20.4 Å². The number of hydrogen-bond donors (Lipinski definition) is 2. The van der Waals surface area contributed by atoms with Crippen LogP contribution in [0.4, 0.5) is 0 Å². The van der Waals surface area contributed by atoms with Gasteiger partial charge in [0.2, 0.25) is 11.7 Å². The number of hydrogen-bond acceptors (Lipinski definition) is 6. The molecule has 0 radical (unpaired) electrons. The summed E-state index contributed by atoms with van der Waals surface area (Å²) in [6, 6.07) is 0.315. The Bertz CT molecular complexity index is 423. The fraction of sp³-hybridized carbons (Fsp3) is 0.556. The highest BCUT2D eigenvalue weighted by Crippen LogP contribution is 2.11. The molecule has 0 spiro atoms. The van der Waals surface area contributed by atoms with E-state index in [2.05, 4.69) is 44.7 Å². The van der Waals surface area contributed by atoms with Crippen LogP contribution in [0.3, 0.4) is 0 Å². The smallest absolute Gasteiger partial charge is 0.228 e. The first kappa shape index (κ1) is 10.7. The molecule has 0 saturated heterocycles. The largest absolute Gasteiger partial charge is 0.339 e. The van der Waals surface area contributed by atoms with Crippen LogP contribution < -0.4 is 5.32 Å². The maximum Gasteiger partial charge on any atom is 0.228 e. The lowest BCUT2D eigenvalue weighted by Gasteiger charge is -2.07. The molecule has 0 amide bonds. The molecule has 2 aromatic heterocycles.